The van der Waals surface area contributed by atoms with Crippen LogP contribution in [0.15, 0.2) is 42.7 Å². The Kier molecular flexibility index (Phi) is 5.33. The Morgan fingerprint density at radius 1 is 1.19 bits per heavy atom. The third-order valence-electron chi connectivity index (χ3n) is 3.71. The maximum Gasteiger partial charge on any atom is 0.338 e. The molecule has 1 heterocycles. The van der Waals surface area contributed by atoms with Crippen molar-refractivity contribution in [2.75, 3.05) is 0 Å². The molecule has 6 nitrogen and oxygen atoms in total. The van der Waals surface area contributed by atoms with E-state index in [1.807, 2.05) is 0 Å². The monoisotopic (exact) mass is 396 g/mol. The molecular weight excluding hydrogens is 385 g/mol. The van der Waals surface area contributed by atoms with Gasteiger partial charge in [-0.25, -0.2) is 28.1 Å². The summed E-state index contributed by atoms with van der Waals surface area (Å²) in [6.07, 6.45) is 1.90. The molecule has 0 unspecified atom stereocenters. The topological polar surface area (TPSA) is 79.2 Å². The van der Waals surface area contributed by atoms with Crippen LogP contribution in [0.1, 0.15) is 5.56 Å². The number of hydrogen-bond donors (Lipinski definition) is 3. The van der Waals surface area contributed by atoms with Crippen LogP contribution in [-0.2, 0) is 6.54 Å². The highest BCUT2D eigenvalue weighted by molar-refractivity contribution is 6.31. The molecule has 3 rings (SSSR count). The van der Waals surface area contributed by atoms with Crippen molar-refractivity contribution in [3.05, 3.63) is 70.8 Å². The number of nitrogens with one attached hydrogen (secondary N) is 2. The minimum atomic E-state index is -0.890. The predicted octanol–water partition coefficient (Wildman–Crippen LogP) is 3.80. The number of aromatic nitrogens is 2. The summed E-state index contributed by atoms with van der Waals surface area (Å²) in [4.78, 5) is 11.0. The fourth-order valence-electron chi connectivity index (χ4n) is 2.52. The largest absolute Gasteiger partial charge is 0.338 e. The molecule has 0 atom stereocenters. The molecule has 0 spiro atoms. The quantitative estimate of drug-likeness (QED) is 0.463. The van der Waals surface area contributed by atoms with Gasteiger partial charge in [0, 0.05) is 22.7 Å². The summed E-state index contributed by atoms with van der Waals surface area (Å²) in [7, 11) is 0. The van der Waals surface area contributed by atoms with Gasteiger partial charge < -0.3 is 5.32 Å². The Morgan fingerprint density at radius 2 is 1.96 bits per heavy atom. The lowest BCUT2D eigenvalue weighted by Gasteiger charge is -2.13. The Labute approximate surface area is 156 Å². The van der Waals surface area contributed by atoms with Gasteiger partial charge in [0.25, 0.3) is 0 Å². The smallest absolute Gasteiger partial charge is 0.332 e. The second kappa shape index (κ2) is 7.68. The highest BCUT2D eigenvalue weighted by Gasteiger charge is 2.17. The van der Waals surface area contributed by atoms with Crippen molar-refractivity contribution in [1.29, 1.82) is 0 Å². The number of hydrogen-bond acceptors (Lipinski definition) is 3. The summed E-state index contributed by atoms with van der Waals surface area (Å²) in [5, 5.41) is 14.5. The fourth-order valence-corrected chi connectivity index (χ4v) is 2.72. The molecule has 0 aliphatic carbocycles. The normalized spacial score (nSPS) is 10.7. The lowest BCUT2D eigenvalue weighted by atomic mass is 10.0. The zero-order chi connectivity index (χ0) is 19.6. The number of hydroxylamine groups is 1. The van der Waals surface area contributed by atoms with E-state index < -0.39 is 23.5 Å². The van der Waals surface area contributed by atoms with Gasteiger partial charge in [-0.05, 0) is 23.8 Å². The number of benzene rings is 2. The molecule has 2 aromatic carbocycles. The van der Waals surface area contributed by atoms with E-state index in [-0.39, 0.29) is 33.9 Å². The van der Waals surface area contributed by atoms with Gasteiger partial charge in [-0.15, -0.1) is 0 Å². The van der Waals surface area contributed by atoms with Crippen molar-refractivity contribution < 1.29 is 23.2 Å². The lowest BCUT2D eigenvalue weighted by molar-refractivity contribution is 0.161. The van der Waals surface area contributed by atoms with Gasteiger partial charge in [0.2, 0.25) is 0 Å². The Balaban J connectivity index is 2.03. The number of nitrogens with zero attached hydrogens (tertiary/aromatic N) is 2. The maximum atomic E-state index is 14.5. The molecule has 2 amide bonds. The van der Waals surface area contributed by atoms with Crippen LogP contribution in [0.25, 0.3) is 16.8 Å². The summed E-state index contributed by atoms with van der Waals surface area (Å²) in [5.41, 5.74) is 1.89. The third-order valence-corrected chi connectivity index (χ3v) is 3.93. The van der Waals surface area contributed by atoms with E-state index in [1.165, 1.54) is 23.7 Å². The lowest BCUT2D eigenvalue weighted by Crippen LogP contribution is -2.32. The molecular formula is C17H12ClF3N4O2. The summed E-state index contributed by atoms with van der Waals surface area (Å²) in [5.74, 6) is -2.10. The molecule has 0 radical (unpaired) electrons. The molecule has 1 aromatic heterocycles. The molecule has 3 aromatic rings. The predicted molar refractivity (Wildman–Crippen MR) is 91.0 cm³/mol. The highest BCUT2D eigenvalue weighted by atomic mass is 35.5. The molecule has 0 aliphatic heterocycles. The van der Waals surface area contributed by atoms with Crippen molar-refractivity contribution in [3.8, 4) is 16.8 Å². The van der Waals surface area contributed by atoms with Gasteiger partial charge in [0.1, 0.15) is 11.5 Å². The number of rotatable bonds is 4. The van der Waals surface area contributed by atoms with E-state index in [4.69, 9.17) is 16.8 Å². The summed E-state index contributed by atoms with van der Waals surface area (Å²) in [6, 6.07) is 5.56. The number of urea groups is 1. The number of carbonyl (C=O) groups excluding carboxylic acids is 1. The number of amides is 2. The molecule has 27 heavy (non-hydrogen) atoms. The average Bonchev–Trinajstić information content (AvgIpc) is 3.05. The average molecular weight is 397 g/mol. The van der Waals surface area contributed by atoms with Crippen LogP contribution in [0.5, 0.6) is 0 Å². The highest BCUT2D eigenvalue weighted by Crippen LogP contribution is 2.33. The summed E-state index contributed by atoms with van der Waals surface area (Å²) in [6.45, 7) is -0.181. The van der Waals surface area contributed by atoms with Crippen LogP contribution in [0.4, 0.5) is 18.0 Å². The second-order valence-corrected chi connectivity index (χ2v) is 5.92. The van der Waals surface area contributed by atoms with Gasteiger partial charge in [-0.1, -0.05) is 23.7 Å². The van der Waals surface area contributed by atoms with E-state index in [2.05, 4.69) is 10.4 Å². The second-order valence-electron chi connectivity index (χ2n) is 5.49. The summed E-state index contributed by atoms with van der Waals surface area (Å²) < 4.78 is 43.2. The Bertz CT molecular complexity index is 1010. The zero-order valence-electron chi connectivity index (χ0n) is 13.5. The Hall–Kier alpha value is -3.04. The summed E-state index contributed by atoms with van der Waals surface area (Å²) >= 11 is 5.92. The first kappa shape index (κ1) is 18.7. The van der Waals surface area contributed by atoms with Crippen LogP contribution in [0.2, 0.25) is 5.02 Å². The first-order valence-corrected chi connectivity index (χ1v) is 7.93. The van der Waals surface area contributed by atoms with Crippen molar-refractivity contribution >= 4 is 17.6 Å². The van der Waals surface area contributed by atoms with Crippen LogP contribution in [-0.4, -0.2) is 21.0 Å². The van der Waals surface area contributed by atoms with Gasteiger partial charge in [0.05, 0.1) is 12.4 Å². The van der Waals surface area contributed by atoms with Crippen molar-refractivity contribution in [3.63, 3.8) is 0 Å². The molecule has 0 bridgehead atoms. The van der Waals surface area contributed by atoms with Crippen LogP contribution in [0.3, 0.4) is 0 Å². The van der Waals surface area contributed by atoms with Gasteiger partial charge in [-0.3, -0.25) is 5.21 Å². The molecule has 0 fully saturated rings. The molecule has 0 aliphatic rings. The van der Waals surface area contributed by atoms with Crippen molar-refractivity contribution in [2.45, 2.75) is 6.54 Å². The van der Waals surface area contributed by atoms with Crippen LogP contribution >= 0.6 is 11.6 Å². The molecule has 3 N–H and O–H groups in total. The van der Waals surface area contributed by atoms with E-state index in [1.54, 1.807) is 0 Å². The van der Waals surface area contributed by atoms with E-state index in [0.717, 1.165) is 29.2 Å². The van der Waals surface area contributed by atoms with Crippen LogP contribution in [0, 0.1) is 17.5 Å². The first-order valence-electron chi connectivity index (χ1n) is 7.55. The molecule has 0 saturated heterocycles. The SMILES string of the molecule is O=C(NO)NCc1ccc(-c2cc(Cl)cc(F)c2-n2cc(F)cn2)cc1F. The molecule has 10 heteroatoms. The minimum absolute atomic E-state index is 0.0737. The first-order chi connectivity index (χ1) is 12.9. The maximum absolute atomic E-state index is 14.5. The fraction of sp³-hybridized carbons (Fsp3) is 0.0588. The minimum Gasteiger partial charge on any atom is -0.332 e. The standard InChI is InChI=1S/C17H12ClF3N4O2/c18-11-4-13(16(15(21)5-11)25-8-12(19)7-23-25)9-1-2-10(14(20)3-9)6-22-17(26)24-27/h1-5,7-8,27H,6H2,(H2,22,24,26). The van der Waals surface area contributed by atoms with E-state index >= 15 is 0 Å². The molecule has 0 saturated carbocycles. The van der Waals surface area contributed by atoms with Gasteiger partial charge in [-0.2, -0.15) is 5.10 Å². The zero-order valence-corrected chi connectivity index (χ0v) is 14.3. The number of carbonyl (C=O) groups is 1. The van der Waals surface area contributed by atoms with E-state index in [9.17, 15) is 18.0 Å². The van der Waals surface area contributed by atoms with Gasteiger partial charge >= 0.3 is 6.03 Å². The molecule has 140 valence electrons. The van der Waals surface area contributed by atoms with Crippen molar-refractivity contribution in [1.82, 2.24) is 20.6 Å². The third kappa shape index (κ3) is 4.04. The van der Waals surface area contributed by atoms with Gasteiger partial charge in [0.15, 0.2) is 11.6 Å². The van der Waals surface area contributed by atoms with E-state index in [0.29, 0.717) is 0 Å². The van der Waals surface area contributed by atoms with Crippen LogP contribution < -0.4 is 10.8 Å². The Morgan fingerprint density at radius 3 is 2.59 bits per heavy atom. The van der Waals surface area contributed by atoms with Crippen molar-refractivity contribution in [2.24, 2.45) is 0 Å². The number of halogens is 4.